The number of aryl methyl sites for hydroxylation is 1. The average molecular weight is 861 g/mol. The first-order valence-electron chi connectivity index (χ1n) is 16.9. The molecule has 0 amide bonds. The molecular weight excluding hydrogens is 820 g/mol. The van der Waals surface area contributed by atoms with E-state index in [0.29, 0.717) is 39.2 Å². The predicted molar refractivity (Wildman–Crippen MR) is 191 cm³/mol. The van der Waals surface area contributed by atoms with Gasteiger partial charge in [0.2, 0.25) is 0 Å². The minimum Gasteiger partial charge on any atom is 0 e. The third-order valence-corrected chi connectivity index (χ3v) is 12.3. The Bertz CT molecular complexity index is 2230. The zero-order chi connectivity index (χ0) is 34.9. The maximum Gasteiger partial charge on any atom is 0 e. The van der Waals surface area contributed by atoms with Crippen molar-refractivity contribution in [2.24, 2.45) is 0 Å². The Morgan fingerprint density at radius 2 is 1.60 bits per heavy atom. The van der Waals surface area contributed by atoms with Gasteiger partial charge in [-0.2, -0.15) is 0 Å². The van der Waals surface area contributed by atoms with Crippen LogP contribution in [0.2, 0.25) is 17.3 Å². The molecule has 0 bridgehead atoms. The average Bonchev–Trinajstić information content (AvgIpc) is 3.47. The molecule has 0 aliphatic heterocycles. The second-order valence-corrected chi connectivity index (χ2v) is 23.3. The van der Waals surface area contributed by atoms with Gasteiger partial charge in [-0.25, -0.2) is 4.39 Å². The number of benzene rings is 4. The third-order valence-electron chi connectivity index (χ3n) is 8.08. The molecule has 239 valence electrons. The van der Waals surface area contributed by atoms with Crippen molar-refractivity contribution in [2.75, 3.05) is 0 Å². The topological polar surface area (TPSA) is 38.9 Å². The monoisotopic (exact) mass is 862 g/mol. The van der Waals surface area contributed by atoms with Crippen molar-refractivity contribution in [3.63, 3.8) is 0 Å². The zero-order valence-corrected chi connectivity index (χ0v) is 31.5. The summed E-state index contributed by atoms with van der Waals surface area (Å²) in [7, 11) is 0. The summed E-state index contributed by atoms with van der Waals surface area (Å²) in [5.74, 6) is 7.10. The van der Waals surface area contributed by atoms with Gasteiger partial charge in [-0.3, -0.25) is 0 Å². The fraction of sp³-hybridized carbons (Fsp3) is 0.171. The first-order chi connectivity index (χ1) is 23.3. The SMILES string of the molecule is [2H]C([2H])([2H])c1c(-c2ccc(F)cc2)ccc2c1oc1c(-c3cc(C(C)C)ccn3)[c-]ccc12.[CH3][Ge]([CH3])([CH3])[c]1ccc(-c2[c-]cccc2)nc1.[Ir]. The molecular formula is C41H37FGeIrN2O-2. The molecule has 0 aliphatic carbocycles. The summed E-state index contributed by atoms with van der Waals surface area (Å²) in [5.41, 5.74) is 6.68. The van der Waals surface area contributed by atoms with E-state index in [1.165, 1.54) is 16.5 Å². The summed E-state index contributed by atoms with van der Waals surface area (Å²) in [6.45, 7) is 1.80. The van der Waals surface area contributed by atoms with Gasteiger partial charge in [0.15, 0.2) is 0 Å². The molecule has 1 radical (unpaired) electrons. The second kappa shape index (κ2) is 14.5. The van der Waals surface area contributed by atoms with E-state index in [2.05, 4.69) is 65.3 Å². The molecule has 0 N–H and O–H groups in total. The number of aromatic nitrogens is 2. The Balaban J connectivity index is 0.000000241. The molecule has 0 saturated heterocycles. The quantitative estimate of drug-likeness (QED) is 0.128. The summed E-state index contributed by atoms with van der Waals surface area (Å²) in [6, 6.07) is 35.8. The van der Waals surface area contributed by atoms with E-state index in [-0.39, 0.29) is 31.5 Å². The van der Waals surface area contributed by atoms with E-state index in [9.17, 15) is 4.39 Å². The molecule has 7 rings (SSSR count). The molecule has 0 atom stereocenters. The van der Waals surface area contributed by atoms with Gasteiger partial charge < -0.3 is 9.40 Å². The van der Waals surface area contributed by atoms with Crippen LogP contribution in [0.15, 0.2) is 114 Å². The normalized spacial score (nSPS) is 12.5. The minimum absolute atomic E-state index is 0. The molecule has 0 saturated carbocycles. The van der Waals surface area contributed by atoms with Gasteiger partial charge in [0, 0.05) is 35.8 Å². The summed E-state index contributed by atoms with van der Waals surface area (Å²) in [5, 5.41) is 1.50. The van der Waals surface area contributed by atoms with E-state index < -0.39 is 20.1 Å². The van der Waals surface area contributed by atoms with Crippen LogP contribution in [0.4, 0.5) is 4.39 Å². The van der Waals surface area contributed by atoms with E-state index in [1.54, 1.807) is 30.5 Å². The summed E-state index contributed by atoms with van der Waals surface area (Å²) in [6.07, 6.45) is 3.80. The van der Waals surface area contributed by atoms with Gasteiger partial charge in [-0.05, 0) is 53.4 Å². The number of hydrogen-bond donors (Lipinski definition) is 0. The van der Waals surface area contributed by atoms with Crippen molar-refractivity contribution in [3.05, 3.63) is 139 Å². The van der Waals surface area contributed by atoms with Crippen LogP contribution in [0.1, 0.15) is 35.0 Å². The van der Waals surface area contributed by atoms with Gasteiger partial charge in [-0.15, -0.1) is 18.2 Å². The van der Waals surface area contributed by atoms with Crippen LogP contribution in [0, 0.1) is 24.8 Å². The molecule has 4 aromatic carbocycles. The van der Waals surface area contributed by atoms with Gasteiger partial charge in [0.25, 0.3) is 0 Å². The molecule has 7 aromatic rings. The fourth-order valence-electron chi connectivity index (χ4n) is 5.36. The van der Waals surface area contributed by atoms with Crippen LogP contribution >= 0.6 is 0 Å². The van der Waals surface area contributed by atoms with Gasteiger partial charge in [0.1, 0.15) is 11.4 Å². The van der Waals surface area contributed by atoms with Crippen molar-refractivity contribution in [2.45, 2.75) is 43.9 Å². The summed E-state index contributed by atoms with van der Waals surface area (Å²) < 4.78 is 45.9. The third kappa shape index (κ3) is 7.49. The first kappa shape index (κ1) is 30.4. The van der Waals surface area contributed by atoms with Crippen molar-refractivity contribution in [1.82, 2.24) is 9.97 Å². The Morgan fingerprint density at radius 1 is 0.809 bits per heavy atom. The number of pyridine rings is 2. The molecule has 47 heavy (non-hydrogen) atoms. The Morgan fingerprint density at radius 3 is 2.26 bits per heavy atom. The molecule has 3 heterocycles. The predicted octanol–water partition coefficient (Wildman–Crippen LogP) is 10.8. The maximum atomic E-state index is 13.5. The van der Waals surface area contributed by atoms with Crippen molar-refractivity contribution >= 4 is 39.6 Å². The Hall–Kier alpha value is -3.90. The Labute approximate surface area is 297 Å². The van der Waals surface area contributed by atoms with Crippen LogP contribution in [0.5, 0.6) is 0 Å². The largest absolute Gasteiger partial charge is 0 e. The van der Waals surface area contributed by atoms with Crippen LogP contribution in [-0.4, -0.2) is 23.2 Å². The van der Waals surface area contributed by atoms with Gasteiger partial charge >= 0.3 is 99.8 Å². The second-order valence-electron chi connectivity index (χ2n) is 12.7. The zero-order valence-electron chi connectivity index (χ0n) is 30.0. The van der Waals surface area contributed by atoms with Crippen LogP contribution < -0.4 is 4.40 Å². The molecule has 0 unspecified atom stereocenters. The number of nitrogens with zero attached hydrogens (tertiary/aromatic N) is 2. The number of rotatable bonds is 5. The fourth-order valence-corrected chi connectivity index (χ4v) is 7.53. The van der Waals surface area contributed by atoms with Crippen LogP contribution in [0.3, 0.4) is 0 Å². The number of halogens is 1. The minimum atomic E-state index is -2.43. The standard InChI is InChI=1S/C27H21FNO.C14H16GeN.Ir/c1-16(2)19-13-14-29-25(15-19)24-6-4-5-22-23-12-11-21(17(3)26(23)30-27(22)24)18-7-9-20(28)10-8-18;1-15(2,3)13-9-10-14(16-11-13)12-7-5-4-6-8-12;/h4-5,7-16H,1-3H3;4-7,9-11H,1-3H3;/q2*-1;/i3D3;;. The van der Waals surface area contributed by atoms with Crippen molar-refractivity contribution in [1.29, 1.82) is 0 Å². The molecule has 0 aliphatic rings. The van der Waals surface area contributed by atoms with Gasteiger partial charge in [-0.1, -0.05) is 60.7 Å². The van der Waals surface area contributed by atoms with Crippen LogP contribution in [-0.2, 0) is 20.1 Å². The van der Waals surface area contributed by atoms with Crippen LogP contribution in [0.25, 0.3) is 55.6 Å². The molecule has 0 fully saturated rings. The van der Waals surface area contributed by atoms with Crippen molar-refractivity contribution < 1.29 is 33.0 Å². The first-order valence-corrected chi connectivity index (χ1v) is 22.7. The maximum absolute atomic E-state index is 13.5. The van der Waals surface area contributed by atoms with E-state index in [4.69, 9.17) is 8.53 Å². The van der Waals surface area contributed by atoms with E-state index in [0.717, 1.165) is 27.9 Å². The number of hydrogen-bond acceptors (Lipinski definition) is 3. The van der Waals surface area contributed by atoms with E-state index >= 15 is 0 Å². The molecule has 3 aromatic heterocycles. The van der Waals surface area contributed by atoms with Gasteiger partial charge in [0.05, 0.1) is 5.58 Å². The molecule has 0 spiro atoms. The van der Waals surface area contributed by atoms with Crippen molar-refractivity contribution in [3.8, 4) is 33.6 Å². The summed E-state index contributed by atoms with van der Waals surface area (Å²) in [4.78, 5) is 9.05. The summed E-state index contributed by atoms with van der Waals surface area (Å²) >= 11 is -1.72. The number of fused-ring (bicyclic) bond motifs is 3. The Kier molecular flexibility index (Phi) is 9.37. The van der Waals surface area contributed by atoms with E-state index in [1.807, 2.05) is 54.7 Å². The smallest absolute Gasteiger partial charge is 0 e. The number of furan rings is 1. The molecule has 6 heteroatoms. The molecule has 3 nitrogen and oxygen atoms in total.